The number of pyridine rings is 2. The van der Waals surface area contributed by atoms with Gasteiger partial charge in [-0.15, -0.1) is 0 Å². The van der Waals surface area contributed by atoms with Crippen molar-refractivity contribution in [2.75, 3.05) is 18.9 Å². The molecule has 0 aromatic carbocycles. The fraction of sp³-hybridized carbons (Fsp3) is 0.318. The number of imidazole rings is 1. The second-order valence-electron chi connectivity index (χ2n) is 7.98. The highest BCUT2D eigenvalue weighted by atomic mass is 16.3. The molecule has 5 rings (SSSR count). The first-order chi connectivity index (χ1) is 14.5. The Labute approximate surface area is 173 Å². The Morgan fingerprint density at radius 2 is 2.23 bits per heavy atom. The first-order valence-corrected chi connectivity index (χ1v) is 10.1. The molecule has 1 unspecified atom stereocenters. The van der Waals surface area contributed by atoms with Crippen LogP contribution in [0.1, 0.15) is 53.5 Å². The van der Waals surface area contributed by atoms with Crippen LogP contribution < -0.4 is 5.32 Å². The Morgan fingerprint density at radius 3 is 3.00 bits per heavy atom. The van der Waals surface area contributed by atoms with Crippen molar-refractivity contribution >= 4 is 28.1 Å². The number of anilines is 1. The summed E-state index contributed by atoms with van der Waals surface area (Å²) in [6, 6.07) is 5.61. The minimum atomic E-state index is -0.604. The van der Waals surface area contributed by atoms with E-state index in [4.69, 9.17) is 0 Å². The van der Waals surface area contributed by atoms with E-state index in [1.54, 1.807) is 44.0 Å². The van der Waals surface area contributed by atoms with Crippen molar-refractivity contribution in [2.45, 2.75) is 31.9 Å². The molecular weight excluding hydrogens is 380 g/mol. The fourth-order valence-electron chi connectivity index (χ4n) is 4.44. The van der Waals surface area contributed by atoms with Crippen LogP contribution in [0.25, 0.3) is 16.4 Å². The van der Waals surface area contributed by atoms with Crippen LogP contribution in [-0.4, -0.2) is 48.9 Å². The van der Waals surface area contributed by atoms with Crippen molar-refractivity contribution in [1.29, 1.82) is 0 Å². The summed E-state index contributed by atoms with van der Waals surface area (Å²) in [7, 11) is 2.11. The lowest BCUT2D eigenvalue weighted by atomic mass is 10.0. The number of hydrogen-bond acceptors (Lipinski definition) is 5. The zero-order chi connectivity index (χ0) is 20.8. The van der Waals surface area contributed by atoms with Gasteiger partial charge >= 0.3 is 0 Å². The number of nitrogens with one attached hydrogen (secondary N) is 2. The monoisotopic (exact) mass is 404 g/mol. The number of rotatable bonds is 4. The minimum absolute atomic E-state index is 0.233. The topological polar surface area (TPSA) is 98.5 Å². The Morgan fingerprint density at radius 1 is 1.37 bits per heavy atom. The maximum atomic E-state index is 12.7. The number of nitrogens with zero attached hydrogens (tertiary/aromatic N) is 4. The molecule has 4 aromatic rings. The van der Waals surface area contributed by atoms with E-state index in [1.165, 1.54) is 0 Å². The van der Waals surface area contributed by atoms with Gasteiger partial charge in [0.25, 0.3) is 5.91 Å². The van der Waals surface area contributed by atoms with E-state index >= 15 is 0 Å². The summed E-state index contributed by atoms with van der Waals surface area (Å²) in [5, 5.41) is 14.2. The molecule has 0 spiro atoms. The van der Waals surface area contributed by atoms with Crippen LogP contribution in [0.3, 0.4) is 0 Å². The zero-order valence-corrected chi connectivity index (χ0v) is 17.0. The summed E-state index contributed by atoms with van der Waals surface area (Å²) in [6.07, 6.45) is 8.51. The molecule has 8 nitrogen and oxygen atoms in total. The average molecular weight is 404 g/mol. The summed E-state index contributed by atoms with van der Waals surface area (Å²) >= 11 is 0. The lowest BCUT2D eigenvalue weighted by Crippen LogP contribution is -2.19. The van der Waals surface area contributed by atoms with Crippen LogP contribution in [-0.2, 0) is 0 Å². The van der Waals surface area contributed by atoms with Crippen molar-refractivity contribution in [3.8, 4) is 0 Å². The van der Waals surface area contributed by atoms with E-state index in [-0.39, 0.29) is 11.9 Å². The van der Waals surface area contributed by atoms with Crippen LogP contribution in [0.5, 0.6) is 0 Å². The zero-order valence-electron chi connectivity index (χ0n) is 17.0. The molecule has 0 aliphatic carbocycles. The molecule has 4 aromatic heterocycles. The molecule has 1 aliphatic rings. The molecule has 1 aliphatic heterocycles. The van der Waals surface area contributed by atoms with Crippen molar-refractivity contribution in [1.82, 2.24) is 24.3 Å². The Hall–Kier alpha value is -3.23. The number of aromatic nitrogens is 4. The third-order valence-electron chi connectivity index (χ3n) is 5.94. The van der Waals surface area contributed by atoms with Gasteiger partial charge in [-0.05, 0) is 45.5 Å². The molecule has 30 heavy (non-hydrogen) atoms. The lowest BCUT2D eigenvalue weighted by molar-refractivity contribution is 0.102. The maximum Gasteiger partial charge on any atom is 0.256 e. The van der Waals surface area contributed by atoms with Gasteiger partial charge in [0.15, 0.2) is 0 Å². The maximum absolute atomic E-state index is 12.7. The van der Waals surface area contributed by atoms with Gasteiger partial charge in [-0.2, -0.15) is 0 Å². The number of amides is 1. The van der Waals surface area contributed by atoms with Gasteiger partial charge in [0, 0.05) is 46.7 Å². The van der Waals surface area contributed by atoms with Gasteiger partial charge < -0.3 is 19.8 Å². The van der Waals surface area contributed by atoms with E-state index in [0.717, 1.165) is 47.1 Å². The van der Waals surface area contributed by atoms with Crippen LogP contribution in [0, 0.1) is 0 Å². The highest BCUT2D eigenvalue weighted by molar-refractivity contribution is 6.05. The van der Waals surface area contributed by atoms with Crippen LogP contribution in [0.2, 0.25) is 0 Å². The first-order valence-electron chi connectivity index (χ1n) is 10.1. The van der Waals surface area contributed by atoms with Gasteiger partial charge in [-0.25, -0.2) is 9.97 Å². The van der Waals surface area contributed by atoms with Crippen molar-refractivity contribution in [3.05, 3.63) is 59.9 Å². The summed E-state index contributed by atoms with van der Waals surface area (Å²) in [5.41, 5.74) is 4.17. The van der Waals surface area contributed by atoms with Crippen LogP contribution >= 0.6 is 0 Å². The quantitative estimate of drug-likeness (QED) is 0.485. The Kier molecular flexibility index (Phi) is 4.52. The third kappa shape index (κ3) is 3.14. The SMILES string of the molecule is CC(O)c1c([C@H]2CCCN2C)[nH]c2cc(NC(=O)c3ccn4cncc4c3)ncc12. The van der Waals surface area contributed by atoms with E-state index in [0.29, 0.717) is 11.4 Å². The molecule has 2 atom stereocenters. The fourth-order valence-corrected chi connectivity index (χ4v) is 4.44. The largest absolute Gasteiger partial charge is 0.389 e. The summed E-state index contributed by atoms with van der Waals surface area (Å²) < 4.78 is 1.85. The van der Waals surface area contributed by atoms with E-state index in [9.17, 15) is 9.90 Å². The minimum Gasteiger partial charge on any atom is -0.389 e. The van der Waals surface area contributed by atoms with Gasteiger partial charge in [0.2, 0.25) is 0 Å². The summed E-state index contributed by atoms with van der Waals surface area (Å²) in [5.74, 6) is 0.231. The number of fused-ring (bicyclic) bond motifs is 2. The molecular formula is C22H24N6O2. The molecule has 0 bridgehead atoms. The molecule has 5 heterocycles. The number of H-pyrrole nitrogens is 1. The second-order valence-corrected chi connectivity index (χ2v) is 7.98. The van der Waals surface area contributed by atoms with Crippen molar-refractivity contribution in [2.24, 2.45) is 0 Å². The predicted octanol–water partition coefficient (Wildman–Crippen LogP) is 3.28. The van der Waals surface area contributed by atoms with Gasteiger partial charge in [-0.1, -0.05) is 0 Å². The van der Waals surface area contributed by atoms with Crippen molar-refractivity contribution in [3.63, 3.8) is 0 Å². The molecule has 0 radical (unpaired) electrons. The predicted molar refractivity (Wildman–Crippen MR) is 114 cm³/mol. The Bertz CT molecular complexity index is 1240. The van der Waals surface area contributed by atoms with Crippen LogP contribution in [0.15, 0.2) is 43.1 Å². The lowest BCUT2D eigenvalue weighted by Gasteiger charge is -2.20. The van der Waals surface area contributed by atoms with Gasteiger partial charge in [-0.3, -0.25) is 9.69 Å². The molecule has 1 fully saturated rings. The van der Waals surface area contributed by atoms with Crippen LogP contribution in [0.4, 0.5) is 5.82 Å². The standard InChI is InChI=1S/C22H24N6O2/c1-13(29)20-16-11-24-19(9-17(16)25-21(20)18-4-3-6-27(18)2)26-22(30)14-5-7-28-12-23-10-15(28)8-14/h5,7-13,18,25,29H,3-4,6H2,1-2H3,(H,24,26,30)/t13?,18-/m1/s1. The van der Waals surface area contributed by atoms with Gasteiger partial charge in [0.1, 0.15) is 5.82 Å². The smallest absolute Gasteiger partial charge is 0.256 e. The average Bonchev–Trinajstić information content (AvgIpc) is 3.44. The third-order valence-corrected chi connectivity index (χ3v) is 5.94. The summed E-state index contributed by atoms with van der Waals surface area (Å²) in [6.45, 7) is 2.82. The first kappa shape index (κ1) is 18.8. The molecule has 0 saturated carbocycles. The second kappa shape index (κ2) is 7.23. The molecule has 3 N–H and O–H groups in total. The molecule has 154 valence electrons. The highest BCUT2D eigenvalue weighted by Gasteiger charge is 2.29. The van der Waals surface area contributed by atoms with Gasteiger partial charge in [0.05, 0.1) is 29.7 Å². The normalized spacial score (nSPS) is 18.3. The molecule has 1 saturated heterocycles. The number of carbonyl (C=O) groups is 1. The number of likely N-dealkylation sites (tertiary alicyclic amines) is 1. The number of aliphatic hydroxyl groups excluding tert-OH is 1. The number of aromatic amines is 1. The Balaban J connectivity index is 1.47. The molecule has 1 amide bonds. The van der Waals surface area contributed by atoms with Crippen molar-refractivity contribution < 1.29 is 9.90 Å². The summed E-state index contributed by atoms with van der Waals surface area (Å²) in [4.78, 5) is 27.0. The number of aliphatic hydroxyl groups is 1. The number of carbonyl (C=O) groups excluding carboxylic acids is 1. The van der Waals surface area contributed by atoms with E-state index < -0.39 is 6.10 Å². The van der Waals surface area contributed by atoms with E-state index in [2.05, 4.69) is 32.2 Å². The van der Waals surface area contributed by atoms with E-state index in [1.807, 2.05) is 10.5 Å². The highest BCUT2D eigenvalue weighted by Crippen LogP contribution is 2.38. The number of hydrogen-bond donors (Lipinski definition) is 3. The molecule has 8 heteroatoms.